The zero-order valence-corrected chi connectivity index (χ0v) is 16.7. The maximum absolute atomic E-state index is 12.4. The zero-order chi connectivity index (χ0) is 20.5. The van der Waals surface area contributed by atoms with Crippen LogP contribution in [0.15, 0.2) is 53.7 Å². The first-order valence-electron chi connectivity index (χ1n) is 10.1. The van der Waals surface area contributed by atoms with Gasteiger partial charge < -0.3 is 10.6 Å². The molecule has 1 aromatic carbocycles. The smallest absolute Gasteiger partial charge is 0.261 e. The van der Waals surface area contributed by atoms with E-state index in [2.05, 4.69) is 20.6 Å². The lowest BCUT2D eigenvalue weighted by atomic mass is 10.1. The summed E-state index contributed by atoms with van der Waals surface area (Å²) < 4.78 is 0. The highest BCUT2D eigenvalue weighted by atomic mass is 16.2. The molecule has 0 fully saturated rings. The van der Waals surface area contributed by atoms with E-state index in [1.54, 1.807) is 30.5 Å². The Balaban J connectivity index is 1.41. The molecular formula is C22H27N5O2. The van der Waals surface area contributed by atoms with Gasteiger partial charge in [-0.2, -0.15) is 0 Å². The number of nitrogens with zero attached hydrogens (tertiary/aromatic N) is 3. The molecule has 29 heavy (non-hydrogen) atoms. The fraction of sp³-hybridized carbons (Fsp3) is 0.364. The summed E-state index contributed by atoms with van der Waals surface area (Å²) >= 11 is 0. The Morgan fingerprint density at radius 3 is 2.38 bits per heavy atom. The molecule has 0 atom stereocenters. The van der Waals surface area contributed by atoms with E-state index < -0.39 is 0 Å². The molecule has 0 aliphatic carbocycles. The Bertz CT molecular complexity index is 832. The minimum atomic E-state index is -0.196. The molecule has 2 N–H and O–H groups in total. The van der Waals surface area contributed by atoms with Crippen molar-refractivity contribution in [1.29, 1.82) is 0 Å². The molecule has 0 bridgehead atoms. The molecule has 1 aromatic heterocycles. The number of imide groups is 1. The molecule has 2 amide bonds. The van der Waals surface area contributed by atoms with Gasteiger partial charge in [-0.1, -0.05) is 18.2 Å². The Kier molecular flexibility index (Phi) is 7.33. The summed E-state index contributed by atoms with van der Waals surface area (Å²) in [5, 5.41) is 6.53. The lowest BCUT2D eigenvalue weighted by Gasteiger charge is -2.13. The largest absolute Gasteiger partial charge is 0.357 e. The van der Waals surface area contributed by atoms with Crippen LogP contribution in [0.25, 0.3) is 0 Å². The number of aliphatic imine (C=N–C) groups is 1. The van der Waals surface area contributed by atoms with Gasteiger partial charge in [-0.25, -0.2) is 0 Å². The summed E-state index contributed by atoms with van der Waals surface area (Å²) in [5.74, 6) is 0.376. The van der Waals surface area contributed by atoms with Gasteiger partial charge in [-0.05, 0) is 44.0 Å². The summed E-state index contributed by atoms with van der Waals surface area (Å²) in [6.45, 7) is 4.61. The molecule has 0 unspecified atom stereocenters. The summed E-state index contributed by atoms with van der Waals surface area (Å²) in [4.78, 5) is 34.9. The van der Waals surface area contributed by atoms with Gasteiger partial charge in [0.15, 0.2) is 5.96 Å². The van der Waals surface area contributed by atoms with Crippen molar-refractivity contribution in [2.24, 2.45) is 4.99 Å². The monoisotopic (exact) mass is 393 g/mol. The third-order valence-corrected chi connectivity index (χ3v) is 4.68. The van der Waals surface area contributed by atoms with E-state index in [-0.39, 0.29) is 11.8 Å². The van der Waals surface area contributed by atoms with Crippen LogP contribution >= 0.6 is 0 Å². The number of rotatable bonds is 9. The number of hydrogen-bond acceptors (Lipinski definition) is 4. The lowest BCUT2D eigenvalue weighted by Crippen LogP contribution is -2.38. The van der Waals surface area contributed by atoms with Gasteiger partial charge in [-0.3, -0.25) is 24.5 Å². The number of nitrogens with one attached hydrogen (secondary N) is 2. The van der Waals surface area contributed by atoms with Gasteiger partial charge in [0.1, 0.15) is 0 Å². The molecule has 2 aromatic rings. The second-order valence-electron chi connectivity index (χ2n) is 6.77. The minimum Gasteiger partial charge on any atom is -0.357 e. The lowest BCUT2D eigenvalue weighted by molar-refractivity contribution is 0.0652. The predicted octanol–water partition coefficient (Wildman–Crippen LogP) is 2.26. The van der Waals surface area contributed by atoms with E-state index in [1.165, 1.54) is 4.90 Å². The van der Waals surface area contributed by atoms with Crippen LogP contribution in [0.2, 0.25) is 0 Å². The quantitative estimate of drug-likeness (QED) is 0.295. The van der Waals surface area contributed by atoms with Crippen molar-refractivity contribution >= 4 is 17.8 Å². The molecule has 2 heterocycles. The molecule has 3 rings (SSSR count). The third-order valence-electron chi connectivity index (χ3n) is 4.68. The van der Waals surface area contributed by atoms with Crippen LogP contribution in [0, 0.1) is 0 Å². The Labute approximate surface area is 171 Å². The predicted molar refractivity (Wildman–Crippen MR) is 113 cm³/mol. The topological polar surface area (TPSA) is 86.7 Å². The average molecular weight is 393 g/mol. The van der Waals surface area contributed by atoms with E-state index >= 15 is 0 Å². The van der Waals surface area contributed by atoms with Crippen molar-refractivity contribution in [3.05, 3.63) is 65.5 Å². The van der Waals surface area contributed by atoms with Crippen LogP contribution in [0.1, 0.15) is 46.2 Å². The average Bonchev–Trinajstić information content (AvgIpc) is 2.99. The number of guanidine groups is 1. The molecule has 152 valence electrons. The third kappa shape index (κ3) is 5.40. The Morgan fingerprint density at radius 1 is 1.00 bits per heavy atom. The van der Waals surface area contributed by atoms with E-state index in [0.29, 0.717) is 24.2 Å². The van der Waals surface area contributed by atoms with E-state index in [1.807, 2.05) is 25.1 Å². The first-order chi connectivity index (χ1) is 14.2. The van der Waals surface area contributed by atoms with Crippen molar-refractivity contribution in [2.45, 2.75) is 26.2 Å². The van der Waals surface area contributed by atoms with Crippen LogP contribution in [-0.2, 0) is 6.42 Å². The van der Waals surface area contributed by atoms with Crippen LogP contribution in [0.4, 0.5) is 0 Å². The second-order valence-corrected chi connectivity index (χ2v) is 6.77. The minimum absolute atomic E-state index is 0.196. The van der Waals surface area contributed by atoms with Gasteiger partial charge in [0.2, 0.25) is 0 Å². The molecule has 0 radical (unpaired) electrons. The molecule has 0 saturated heterocycles. The van der Waals surface area contributed by atoms with Crippen LogP contribution in [0.3, 0.4) is 0 Å². The summed E-state index contributed by atoms with van der Waals surface area (Å²) in [5.41, 5.74) is 2.04. The second kappa shape index (κ2) is 10.4. The Hall–Kier alpha value is -3.22. The standard InChI is InChI=1S/C22H27N5O2/c1-2-23-22(26-15-12-17-9-5-6-13-24-17)25-14-7-8-16-27-20(28)18-10-3-4-11-19(18)21(27)29/h3-6,9-11,13H,2,7-8,12,14-16H2,1H3,(H2,23,25,26). The maximum Gasteiger partial charge on any atom is 0.261 e. The number of carbonyl (C=O) groups excluding carboxylic acids is 2. The van der Waals surface area contributed by atoms with Crippen molar-refractivity contribution < 1.29 is 9.59 Å². The molecule has 0 saturated carbocycles. The molecule has 7 nitrogen and oxygen atoms in total. The van der Waals surface area contributed by atoms with E-state index in [0.717, 1.165) is 44.0 Å². The highest BCUT2D eigenvalue weighted by Gasteiger charge is 2.34. The number of benzene rings is 1. The summed E-state index contributed by atoms with van der Waals surface area (Å²) in [6, 6.07) is 12.9. The highest BCUT2D eigenvalue weighted by Crippen LogP contribution is 2.22. The van der Waals surface area contributed by atoms with Gasteiger partial charge in [0.25, 0.3) is 11.8 Å². The van der Waals surface area contributed by atoms with Crippen molar-refractivity contribution in [3.63, 3.8) is 0 Å². The number of amides is 2. The summed E-state index contributed by atoms with van der Waals surface area (Å²) in [7, 11) is 0. The molecular weight excluding hydrogens is 366 g/mol. The molecule has 1 aliphatic heterocycles. The molecule has 1 aliphatic rings. The van der Waals surface area contributed by atoms with Gasteiger partial charge in [0.05, 0.1) is 11.1 Å². The maximum atomic E-state index is 12.4. The normalized spacial score (nSPS) is 13.6. The number of aromatic nitrogens is 1. The SMILES string of the molecule is CCNC(=NCCCCN1C(=O)c2ccccc2C1=O)NCCc1ccccn1. The van der Waals surface area contributed by atoms with Crippen molar-refractivity contribution in [2.75, 3.05) is 26.2 Å². The van der Waals surface area contributed by atoms with Crippen molar-refractivity contribution in [1.82, 2.24) is 20.5 Å². The fourth-order valence-electron chi connectivity index (χ4n) is 3.21. The highest BCUT2D eigenvalue weighted by molar-refractivity contribution is 6.21. The van der Waals surface area contributed by atoms with Gasteiger partial charge >= 0.3 is 0 Å². The van der Waals surface area contributed by atoms with Crippen molar-refractivity contribution in [3.8, 4) is 0 Å². The summed E-state index contributed by atoms with van der Waals surface area (Å²) in [6.07, 6.45) is 4.14. The zero-order valence-electron chi connectivity index (χ0n) is 16.7. The molecule has 0 spiro atoms. The Morgan fingerprint density at radius 2 is 1.72 bits per heavy atom. The number of carbonyl (C=O) groups is 2. The number of hydrogen-bond donors (Lipinski definition) is 2. The number of fused-ring (bicyclic) bond motifs is 1. The van der Waals surface area contributed by atoms with E-state index in [4.69, 9.17) is 0 Å². The fourth-order valence-corrected chi connectivity index (χ4v) is 3.21. The van der Waals surface area contributed by atoms with E-state index in [9.17, 15) is 9.59 Å². The van der Waals surface area contributed by atoms with Gasteiger partial charge in [0, 0.05) is 44.5 Å². The first kappa shape index (κ1) is 20.5. The first-order valence-corrected chi connectivity index (χ1v) is 10.1. The molecule has 7 heteroatoms. The number of pyridine rings is 1. The van der Waals surface area contributed by atoms with Gasteiger partial charge in [-0.15, -0.1) is 0 Å². The number of unbranched alkanes of at least 4 members (excludes halogenated alkanes) is 1. The van der Waals surface area contributed by atoms with Crippen LogP contribution in [0.5, 0.6) is 0 Å². The van der Waals surface area contributed by atoms with Crippen LogP contribution < -0.4 is 10.6 Å². The van der Waals surface area contributed by atoms with Crippen LogP contribution in [-0.4, -0.2) is 53.8 Å².